The Kier molecular flexibility index (Phi) is 4.58. The largest absolute Gasteiger partial charge is 0.322 e. The van der Waals surface area contributed by atoms with Crippen molar-refractivity contribution >= 4 is 23.3 Å². The van der Waals surface area contributed by atoms with Crippen LogP contribution >= 0.6 is 11.6 Å². The smallest absolute Gasteiger partial charge is 0.317 e. The molecule has 2 aromatic rings. The van der Waals surface area contributed by atoms with Crippen LogP contribution < -0.4 is 5.32 Å². The van der Waals surface area contributed by atoms with Gasteiger partial charge in [0.25, 0.3) is 0 Å². The first kappa shape index (κ1) is 15.9. The van der Waals surface area contributed by atoms with Crippen molar-refractivity contribution < 1.29 is 4.79 Å². The third-order valence-corrected chi connectivity index (χ3v) is 4.65. The van der Waals surface area contributed by atoms with Crippen LogP contribution in [0.4, 0.5) is 10.5 Å². The van der Waals surface area contributed by atoms with Crippen molar-refractivity contribution in [3.05, 3.63) is 64.2 Å². The predicted molar refractivity (Wildman–Crippen MR) is 95.1 cm³/mol. The summed E-state index contributed by atoms with van der Waals surface area (Å²) < 4.78 is 0. The molecule has 3 rings (SSSR count). The Bertz CT molecular complexity index is 712. The number of likely N-dealkylation sites (tertiary alicyclic amines) is 1. The van der Waals surface area contributed by atoms with Gasteiger partial charge in [-0.25, -0.2) is 4.79 Å². The Morgan fingerprint density at radius 1 is 1.17 bits per heavy atom. The quantitative estimate of drug-likeness (QED) is 0.794. The molecular weight excluding hydrogens is 308 g/mol. The second-order valence-electron chi connectivity index (χ2n) is 6.15. The number of nitrogens with zero attached hydrogens (tertiary/aromatic N) is 1. The molecule has 0 aliphatic carbocycles. The van der Waals surface area contributed by atoms with Crippen molar-refractivity contribution in [3.63, 3.8) is 0 Å². The maximum atomic E-state index is 12.7. The molecular formula is C19H21ClN2O. The lowest BCUT2D eigenvalue weighted by Gasteiger charge is -2.26. The van der Waals surface area contributed by atoms with Gasteiger partial charge in [0.2, 0.25) is 0 Å². The zero-order chi connectivity index (χ0) is 16.4. The van der Waals surface area contributed by atoms with E-state index in [0.29, 0.717) is 5.02 Å². The van der Waals surface area contributed by atoms with Gasteiger partial charge >= 0.3 is 6.03 Å². The van der Waals surface area contributed by atoms with E-state index in [2.05, 4.69) is 36.5 Å². The number of nitrogens with one attached hydrogen (secondary N) is 1. The predicted octanol–water partition coefficient (Wildman–Crippen LogP) is 5.33. The van der Waals surface area contributed by atoms with Gasteiger partial charge in [0.15, 0.2) is 0 Å². The third kappa shape index (κ3) is 3.50. The number of rotatable bonds is 2. The fourth-order valence-electron chi connectivity index (χ4n) is 3.06. The van der Waals surface area contributed by atoms with Gasteiger partial charge in [-0.15, -0.1) is 0 Å². The molecule has 1 aliphatic rings. The lowest BCUT2D eigenvalue weighted by Crippen LogP contribution is -2.34. The zero-order valence-corrected chi connectivity index (χ0v) is 14.2. The molecule has 2 amide bonds. The van der Waals surface area contributed by atoms with Crippen LogP contribution in [0.15, 0.2) is 42.5 Å². The minimum absolute atomic E-state index is 0.0570. The van der Waals surface area contributed by atoms with E-state index in [4.69, 9.17) is 11.6 Å². The van der Waals surface area contributed by atoms with Crippen LogP contribution in [-0.2, 0) is 0 Å². The van der Waals surface area contributed by atoms with Crippen LogP contribution in [0.2, 0.25) is 5.02 Å². The molecule has 2 aromatic carbocycles. The van der Waals surface area contributed by atoms with Crippen LogP contribution in [0.1, 0.15) is 35.6 Å². The van der Waals surface area contributed by atoms with E-state index < -0.39 is 0 Å². The van der Waals surface area contributed by atoms with Gasteiger partial charge in [0, 0.05) is 17.3 Å². The van der Waals surface area contributed by atoms with Gasteiger partial charge in [-0.3, -0.25) is 0 Å². The maximum absolute atomic E-state index is 12.7. The monoisotopic (exact) mass is 328 g/mol. The van der Waals surface area contributed by atoms with Crippen LogP contribution in [0.25, 0.3) is 0 Å². The number of halogens is 1. The van der Waals surface area contributed by atoms with Gasteiger partial charge in [-0.2, -0.15) is 0 Å². The highest BCUT2D eigenvalue weighted by atomic mass is 35.5. The van der Waals surface area contributed by atoms with Gasteiger partial charge in [0.1, 0.15) is 0 Å². The first-order valence-electron chi connectivity index (χ1n) is 7.95. The summed E-state index contributed by atoms with van der Waals surface area (Å²) in [7, 11) is 0. The molecule has 0 aromatic heterocycles. The highest BCUT2D eigenvalue weighted by molar-refractivity contribution is 6.31. The minimum atomic E-state index is -0.0570. The van der Waals surface area contributed by atoms with Crippen LogP contribution in [0, 0.1) is 13.8 Å². The molecule has 1 N–H and O–H groups in total. The standard InChI is InChI=1S/C19H21ClN2O/c1-13-5-8-15(9-6-13)18-4-3-11-22(18)19(23)21-17-12-16(20)10-7-14(17)2/h5-10,12,18H,3-4,11H2,1-2H3,(H,21,23). The molecule has 1 fully saturated rings. The van der Waals surface area contributed by atoms with Crippen LogP contribution in [-0.4, -0.2) is 17.5 Å². The van der Waals surface area contributed by atoms with Crippen LogP contribution in [0.3, 0.4) is 0 Å². The van der Waals surface area contributed by atoms with Crippen molar-refractivity contribution in [2.75, 3.05) is 11.9 Å². The maximum Gasteiger partial charge on any atom is 0.322 e. The van der Waals surface area contributed by atoms with E-state index >= 15 is 0 Å². The molecule has 1 unspecified atom stereocenters. The number of hydrogen-bond acceptors (Lipinski definition) is 1. The van der Waals surface area contributed by atoms with Gasteiger partial charge in [0.05, 0.1) is 6.04 Å². The second kappa shape index (κ2) is 6.63. The highest BCUT2D eigenvalue weighted by Crippen LogP contribution is 2.33. The van der Waals surface area contributed by atoms with Crippen molar-refractivity contribution in [1.29, 1.82) is 0 Å². The number of carbonyl (C=O) groups excluding carboxylic acids is 1. The molecule has 0 radical (unpaired) electrons. The average molecular weight is 329 g/mol. The highest BCUT2D eigenvalue weighted by Gasteiger charge is 2.30. The Morgan fingerprint density at radius 2 is 1.91 bits per heavy atom. The molecule has 1 atom stereocenters. The number of carbonyl (C=O) groups is 1. The Balaban J connectivity index is 1.78. The van der Waals surface area contributed by atoms with E-state index in [1.54, 1.807) is 6.07 Å². The number of hydrogen-bond donors (Lipinski definition) is 1. The molecule has 1 aliphatic heterocycles. The molecule has 0 saturated carbocycles. The molecule has 3 nitrogen and oxygen atoms in total. The molecule has 1 heterocycles. The summed E-state index contributed by atoms with van der Waals surface area (Å²) in [5.74, 6) is 0. The summed E-state index contributed by atoms with van der Waals surface area (Å²) in [4.78, 5) is 14.6. The number of amides is 2. The number of urea groups is 1. The summed E-state index contributed by atoms with van der Waals surface area (Å²) in [6.07, 6.45) is 2.03. The first-order valence-corrected chi connectivity index (χ1v) is 8.33. The van der Waals surface area contributed by atoms with E-state index in [0.717, 1.165) is 30.6 Å². The average Bonchev–Trinajstić information content (AvgIpc) is 3.01. The van der Waals surface area contributed by atoms with Gasteiger partial charge < -0.3 is 10.2 Å². The zero-order valence-electron chi connectivity index (χ0n) is 13.5. The first-order chi connectivity index (χ1) is 11.0. The van der Waals surface area contributed by atoms with E-state index in [1.807, 2.05) is 24.0 Å². The summed E-state index contributed by atoms with van der Waals surface area (Å²) in [6.45, 7) is 4.82. The van der Waals surface area contributed by atoms with E-state index in [-0.39, 0.29) is 12.1 Å². The Labute approximate surface area is 142 Å². The van der Waals surface area contributed by atoms with Crippen molar-refractivity contribution in [3.8, 4) is 0 Å². The molecule has 4 heteroatoms. The minimum Gasteiger partial charge on any atom is -0.317 e. The third-order valence-electron chi connectivity index (χ3n) is 4.42. The van der Waals surface area contributed by atoms with Crippen LogP contribution in [0.5, 0.6) is 0 Å². The summed E-state index contributed by atoms with van der Waals surface area (Å²) in [5.41, 5.74) is 4.22. The van der Waals surface area contributed by atoms with E-state index in [1.165, 1.54) is 11.1 Å². The molecule has 120 valence electrons. The topological polar surface area (TPSA) is 32.3 Å². The molecule has 0 spiro atoms. The fourth-order valence-corrected chi connectivity index (χ4v) is 3.23. The summed E-state index contributed by atoms with van der Waals surface area (Å²) in [5, 5.41) is 3.63. The second-order valence-corrected chi connectivity index (χ2v) is 6.59. The summed E-state index contributed by atoms with van der Waals surface area (Å²) >= 11 is 6.03. The number of anilines is 1. The van der Waals surface area contributed by atoms with Crippen molar-refractivity contribution in [1.82, 2.24) is 4.90 Å². The number of aryl methyl sites for hydroxylation is 2. The van der Waals surface area contributed by atoms with Crippen molar-refractivity contribution in [2.45, 2.75) is 32.7 Å². The van der Waals surface area contributed by atoms with E-state index in [9.17, 15) is 4.79 Å². The summed E-state index contributed by atoms with van der Waals surface area (Å²) in [6, 6.07) is 14.1. The van der Waals surface area contributed by atoms with Gasteiger partial charge in [-0.1, -0.05) is 47.5 Å². The SMILES string of the molecule is Cc1ccc(C2CCCN2C(=O)Nc2cc(Cl)ccc2C)cc1. The molecule has 23 heavy (non-hydrogen) atoms. The normalized spacial score (nSPS) is 17.3. The van der Waals surface area contributed by atoms with Gasteiger partial charge in [-0.05, 0) is 49.9 Å². The fraction of sp³-hybridized carbons (Fsp3) is 0.316. The lowest BCUT2D eigenvalue weighted by molar-refractivity contribution is 0.207. The molecule has 1 saturated heterocycles. The Morgan fingerprint density at radius 3 is 2.65 bits per heavy atom. The lowest BCUT2D eigenvalue weighted by atomic mass is 10.0. The molecule has 0 bridgehead atoms. The van der Waals surface area contributed by atoms with Crippen molar-refractivity contribution in [2.24, 2.45) is 0 Å². The number of benzene rings is 2. The Hall–Kier alpha value is -2.00.